The van der Waals surface area contributed by atoms with Crippen LogP contribution < -0.4 is 4.74 Å². The van der Waals surface area contributed by atoms with E-state index >= 15 is 0 Å². The Morgan fingerprint density at radius 3 is 2.88 bits per heavy atom. The van der Waals surface area contributed by atoms with Crippen LogP contribution in [0.25, 0.3) is 0 Å². The second kappa shape index (κ2) is 5.52. The van der Waals surface area contributed by atoms with Crippen molar-refractivity contribution in [2.75, 3.05) is 7.11 Å². The van der Waals surface area contributed by atoms with Crippen LogP contribution in [0, 0.1) is 0 Å². The van der Waals surface area contributed by atoms with Gasteiger partial charge in [0.25, 0.3) is 0 Å². The Labute approximate surface area is 107 Å². The molecule has 0 aliphatic rings. The predicted octanol–water partition coefficient (Wildman–Crippen LogP) is 3.49. The number of thioether (sulfide) groups is 1. The van der Waals surface area contributed by atoms with E-state index in [9.17, 15) is 0 Å². The molecule has 0 radical (unpaired) electrons. The molecular formula is C10H9ClN2OS2. The van der Waals surface area contributed by atoms with E-state index in [2.05, 4.69) is 10.2 Å². The molecule has 0 fully saturated rings. The molecule has 0 aliphatic heterocycles. The summed E-state index contributed by atoms with van der Waals surface area (Å²) in [5.74, 6) is 1.63. The molecule has 0 aliphatic carbocycles. The molecule has 1 aromatic carbocycles. The Morgan fingerprint density at radius 2 is 2.19 bits per heavy atom. The van der Waals surface area contributed by atoms with Crippen molar-refractivity contribution in [2.45, 2.75) is 10.6 Å². The Balaban J connectivity index is 2.04. The van der Waals surface area contributed by atoms with Crippen LogP contribution in [0.1, 0.15) is 5.01 Å². The maximum Gasteiger partial charge on any atom is 0.207 e. The highest BCUT2D eigenvalue weighted by Gasteiger charge is 2.06. The monoisotopic (exact) mass is 272 g/mol. The quantitative estimate of drug-likeness (QED) is 0.798. The number of rotatable bonds is 4. The molecule has 84 valence electrons. The fourth-order valence-corrected chi connectivity index (χ4v) is 3.05. The van der Waals surface area contributed by atoms with Crippen LogP contribution >= 0.6 is 34.7 Å². The van der Waals surface area contributed by atoms with E-state index in [1.807, 2.05) is 24.3 Å². The first kappa shape index (κ1) is 11.7. The summed E-state index contributed by atoms with van der Waals surface area (Å²) >= 11 is 8.78. The molecule has 6 heteroatoms. The van der Waals surface area contributed by atoms with E-state index < -0.39 is 0 Å². The number of ether oxygens (including phenoxy) is 1. The minimum absolute atomic E-state index is 0.482. The molecule has 2 rings (SSSR count). The van der Waals surface area contributed by atoms with Gasteiger partial charge in [-0.05, 0) is 23.7 Å². The minimum Gasteiger partial charge on any atom is -0.496 e. The second-order valence-electron chi connectivity index (χ2n) is 2.89. The first-order chi connectivity index (χ1) is 7.79. The van der Waals surface area contributed by atoms with E-state index in [-0.39, 0.29) is 0 Å². The first-order valence-corrected chi connectivity index (χ1v) is 6.71. The zero-order valence-electron chi connectivity index (χ0n) is 8.51. The summed E-state index contributed by atoms with van der Waals surface area (Å²) in [7, 11) is 1.67. The SMILES string of the molecule is COc1ccccc1SCc1nnc(Cl)s1. The zero-order valence-corrected chi connectivity index (χ0v) is 10.9. The summed E-state index contributed by atoms with van der Waals surface area (Å²) in [6.45, 7) is 0. The largest absolute Gasteiger partial charge is 0.496 e. The fourth-order valence-electron chi connectivity index (χ4n) is 1.17. The van der Waals surface area contributed by atoms with E-state index in [4.69, 9.17) is 16.3 Å². The molecule has 0 unspecified atom stereocenters. The molecule has 1 heterocycles. The number of hydrogen-bond donors (Lipinski definition) is 0. The van der Waals surface area contributed by atoms with Crippen molar-refractivity contribution >= 4 is 34.7 Å². The summed E-state index contributed by atoms with van der Waals surface area (Å²) < 4.78 is 5.74. The van der Waals surface area contributed by atoms with Crippen molar-refractivity contribution in [2.24, 2.45) is 0 Å². The maximum absolute atomic E-state index is 5.71. The molecule has 0 N–H and O–H groups in total. The van der Waals surface area contributed by atoms with Gasteiger partial charge in [0.15, 0.2) is 0 Å². The van der Waals surface area contributed by atoms with Gasteiger partial charge in [0.2, 0.25) is 4.47 Å². The lowest BCUT2D eigenvalue weighted by atomic mass is 10.3. The van der Waals surface area contributed by atoms with Crippen molar-refractivity contribution in [1.82, 2.24) is 10.2 Å². The van der Waals surface area contributed by atoms with Gasteiger partial charge in [0.05, 0.1) is 12.9 Å². The van der Waals surface area contributed by atoms with Crippen LogP contribution in [0.3, 0.4) is 0 Å². The van der Waals surface area contributed by atoms with Gasteiger partial charge in [-0.15, -0.1) is 22.0 Å². The number of hydrogen-bond acceptors (Lipinski definition) is 5. The average molecular weight is 273 g/mol. The number of halogens is 1. The Morgan fingerprint density at radius 1 is 1.38 bits per heavy atom. The third-order valence-electron chi connectivity index (χ3n) is 1.86. The average Bonchev–Trinajstić information content (AvgIpc) is 2.73. The highest BCUT2D eigenvalue weighted by molar-refractivity contribution is 7.98. The third-order valence-corrected chi connectivity index (χ3v) is 4.13. The van der Waals surface area contributed by atoms with Crippen molar-refractivity contribution in [1.29, 1.82) is 0 Å². The molecule has 0 saturated heterocycles. The lowest BCUT2D eigenvalue weighted by molar-refractivity contribution is 0.405. The lowest BCUT2D eigenvalue weighted by Gasteiger charge is -2.05. The van der Waals surface area contributed by atoms with Gasteiger partial charge in [-0.1, -0.05) is 23.5 Å². The number of nitrogens with zero attached hydrogens (tertiary/aromatic N) is 2. The van der Waals surface area contributed by atoms with Crippen LogP contribution in [0.15, 0.2) is 29.2 Å². The van der Waals surface area contributed by atoms with Gasteiger partial charge < -0.3 is 4.74 Å². The summed E-state index contributed by atoms with van der Waals surface area (Å²) in [5, 5.41) is 8.64. The van der Waals surface area contributed by atoms with Gasteiger partial charge in [0, 0.05) is 4.90 Å². The molecule has 3 nitrogen and oxygen atoms in total. The molecule has 0 amide bonds. The molecule has 16 heavy (non-hydrogen) atoms. The minimum atomic E-state index is 0.482. The topological polar surface area (TPSA) is 35.0 Å². The maximum atomic E-state index is 5.71. The van der Waals surface area contributed by atoms with Crippen LogP contribution in [0.5, 0.6) is 5.75 Å². The van der Waals surface area contributed by atoms with Gasteiger partial charge in [-0.3, -0.25) is 0 Å². The van der Waals surface area contributed by atoms with E-state index in [0.717, 1.165) is 21.4 Å². The van der Waals surface area contributed by atoms with Crippen LogP contribution in [-0.2, 0) is 5.75 Å². The third kappa shape index (κ3) is 2.87. The van der Waals surface area contributed by atoms with Gasteiger partial charge in [-0.25, -0.2) is 0 Å². The van der Waals surface area contributed by atoms with Crippen LogP contribution in [-0.4, -0.2) is 17.3 Å². The first-order valence-electron chi connectivity index (χ1n) is 4.53. The summed E-state index contributed by atoms with van der Waals surface area (Å²) in [6.07, 6.45) is 0. The fraction of sp³-hybridized carbons (Fsp3) is 0.200. The van der Waals surface area contributed by atoms with Crippen molar-refractivity contribution < 1.29 is 4.74 Å². The highest BCUT2D eigenvalue weighted by Crippen LogP contribution is 2.32. The lowest BCUT2D eigenvalue weighted by Crippen LogP contribution is -1.86. The molecule has 0 spiro atoms. The Hall–Kier alpha value is -0.780. The van der Waals surface area contributed by atoms with E-state index in [1.165, 1.54) is 11.3 Å². The molecule has 0 bridgehead atoms. The van der Waals surface area contributed by atoms with Crippen molar-refractivity contribution in [3.05, 3.63) is 33.7 Å². The molecule has 1 aromatic heterocycles. The normalized spacial score (nSPS) is 10.4. The predicted molar refractivity (Wildman–Crippen MR) is 67.5 cm³/mol. The standard InChI is InChI=1S/C10H9ClN2OS2/c1-14-7-4-2-3-5-8(7)15-6-9-12-13-10(11)16-9/h2-5H,6H2,1H3. The van der Waals surface area contributed by atoms with Crippen LogP contribution in [0.4, 0.5) is 0 Å². The summed E-state index contributed by atoms with van der Waals surface area (Å²) in [5.41, 5.74) is 0. The zero-order chi connectivity index (χ0) is 11.4. The number of aromatic nitrogens is 2. The molecule has 2 aromatic rings. The van der Waals surface area contributed by atoms with E-state index in [1.54, 1.807) is 18.9 Å². The number of benzene rings is 1. The van der Waals surface area contributed by atoms with Crippen molar-refractivity contribution in [3.63, 3.8) is 0 Å². The Bertz CT molecular complexity index is 475. The Kier molecular flexibility index (Phi) is 4.04. The van der Waals surface area contributed by atoms with Gasteiger partial charge in [-0.2, -0.15) is 0 Å². The van der Waals surface area contributed by atoms with Gasteiger partial charge >= 0.3 is 0 Å². The highest BCUT2D eigenvalue weighted by atomic mass is 35.5. The smallest absolute Gasteiger partial charge is 0.207 e. The number of para-hydroxylation sites is 1. The van der Waals surface area contributed by atoms with Crippen molar-refractivity contribution in [3.8, 4) is 5.75 Å². The molecule has 0 atom stereocenters. The van der Waals surface area contributed by atoms with Gasteiger partial charge in [0.1, 0.15) is 10.8 Å². The molecular weight excluding hydrogens is 264 g/mol. The molecule has 0 saturated carbocycles. The van der Waals surface area contributed by atoms with E-state index in [0.29, 0.717) is 4.47 Å². The summed E-state index contributed by atoms with van der Waals surface area (Å²) in [6, 6.07) is 7.89. The summed E-state index contributed by atoms with van der Waals surface area (Å²) in [4.78, 5) is 1.09. The van der Waals surface area contributed by atoms with Crippen LogP contribution in [0.2, 0.25) is 4.47 Å². The number of methoxy groups -OCH3 is 1. The second-order valence-corrected chi connectivity index (χ2v) is 5.55.